The van der Waals surface area contributed by atoms with E-state index in [0.29, 0.717) is 12.4 Å². The van der Waals surface area contributed by atoms with Gasteiger partial charge in [0.2, 0.25) is 11.8 Å². The van der Waals surface area contributed by atoms with Gasteiger partial charge in [0.1, 0.15) is 6.26 Å². The molecule has 6 heteroatoms. The van der Waals surface area contributed by atoms with Crippen molar-refractivity contribution in [1.29, 1.82) is 0 Å². The van der Waals surface area contributed by atoms with E-state index in [1.165, 1.54) is 0 Å². The van der Waals surface area contributed by atoms with Gasteiger partial charge in [-0.2, -0.15) is 0 Å². The molecule has 3 N–H and O–H groups in total. The van der Waals surface area contributed by atoms with Gasteiger partial charge in [-0.1, -0.05) is 18.2 Å². The molecule has 0 bridgehead atoms. The largest absolute Gasteiger partial charge is 0.444 e. The molecule has 0 unspecified atom stereocenters. The molecule has 22 heavy (non-hydrogen) atoms. The van der Waals surface area contributed by atoms with Crippen molar-refractivity contribution >= 4 is 18.3 Å². The fraction of sp³-hybridized carbons (Fsp3) is 0.375. The monoisotopic (exact) mass is 321 g/mol. The molecule has 0 saturated heterocycles. The molecule has 2 atom stereocenters. The number of nitrogens with zero attached hydrogens (tertiary/aromatic N) is 1. The van der Waals surface area contributed by atoms with E-state index in [2.05, 4.69) is 10.3 Å². The molecule has 3 rings (SSSR count). The maximum atomic E-state index is 12.0. The second-order valence-electron chi connectivity index (χ2n) is 5.50. The zero-order chi connectivity index (χ0) is 14.7. The highest BCUT2D eigenvalue weighted by atomic mass is 35.5. The van der Waals surface area contributed by atoms with Crippen LogP contribution in [0.2, 0.25) is 0 Å². The minimum absolute atomic E-state index is 0. The summed E-state index contributed by atoms with van der Waals surface area (Å²) in [5, 5.41) is 2.91. The van der Waals surface area contributed by atoms with E-state index in [9.17, 15) is 4.79 Å². The van der Waals surface area contributed by atoms with Gasteiger partial charge in [-0.05, 0) is 31.4 Å². The Bertz CT molecular complexity index is 615. The first-order valence-electron chi connectivity index (χ1n) is 7.25. The minimum Gasteiger partial charge on any atom is -0.444 e. The van der Waals surface area contributed by atoms with Crippen molar-refractivity contribution in [2.45, 2.75) is 31.8 Å². The van der Waals surface area contributed by atoms with E-state index in [4.69, 9.17) is 10.2 Å². The molecule has 2 aromatic rings. The normalized spacial score (nSPS) is 20.4. The van der Waals surface area contributed by atoms with Crippen molar-refractivity contribution in [1.82, 2.24) is 10.3 Å². The van der Waals surface area contributed by atoms with Gasteiger partial charge in [-0.25, -0.2) is 4.98 Å². The summed E-state index contributed by atoms with van der Waals surface area (Å²) in [4.78, 5) is 16.4. The van der Waals surface area contributed by atoms with Crippen molar-refractivity contribution in [3.8, 4) is 11.5 Å². The molecule has 1 fully saturated rings. The molecule has 118 valence electrons. The van der Waals surface area contributed by atoms with Gasteiger partial charge in [0.05, 0.1) is 12.2 Å². The Balaban J connectivity index is 0.00000176. The lowest BCUT2D eigenvalue weighted by Crippen LogP contribution is -2.30. The lowest BCUT2D eigenvalue weighted by Gasteiger charge is -2.09. The minimum atomic E-state index is 0. The maximum Gasteiger partial charge on any atom is 0.226 e. The molecule has 1 aliphatic carbocycles. The Hall–Kier alpha value is -1.85. The molecule has 1 saturated carbocycles. The first-order valence-corrected chi connectivity index (χ1v) is 7.25. The second-order valence-corrected chi connectivity index (χ2v) is 5.50. The standard InChI is InChI=1S/C16H19N3O2.ClH/c17-13-7-6-12(8-13)15(20)18-9-14-10-21-16(19-14)11-4-2-1-3-5-11;/h1-5,10,12-13H,6-9,17H2,(H,18,20);1H/t12-,13+;/m0./s1. The molecule has 0 spiro atoms. The summed E-state index contributed by atoms with van der Waals surface area (Å²) in [6, 6.07) is 9.86. The van der Waals surface area contributed by atoms with E-state index in [-0.39, 0.29) is 30.3 Å². The van der Waals surface area contributed by atoms with E-state index in [1.54, 1.807) is 6.26 Å². The van der Waals surface area contributed by atoms with Crippen LogP contribution in [0.3, 0.4) is 0 Å². The van der Waals surface area contributed by atoms with Gasteiger partial charge in [0.25, 0.3) is 0 Å². The molecule has 1 aromatic carbocycles. The average Bonchev–Trinajstić information content (AvgIpc) is 3.15. The summed E-state index contributed by atoms with van der Waals surface area (Å²) in [5.41, 5.74) is 7.48. The highest BCUT2D eigenvalue weighted by Crippen LogP contribution is 2.24. The predicted octanol–water partition coefficient (Wildman–Crippen LogP) is 2.51. The molecule has 1 aliphatic rings. The first kappa shape index (κ1) is 16.5. The number of hydrogen-bond donors (Lipinski definition) is 2. The topological polar surface area (TPSA) is 81.2 Å². The number of benzene rings is 1. The van der Waals surface area contributed by atoms with Crippen molar-refractivity contribution < 1.29 is 9.21 Å². The number of carbonyl (C=O) groups excluding carboxylic acids is 1. The van der Waals surface area contributed by atoms with E-state index >= 15 is 0 Å². The maximum absolute atomic E-state index is 12.0. The van der Waals surface area contributed by atoms with Crippen LogP contribution in [0, 0.1) is 5.92 Å². The van der Waals surface area contributed by atoms with Crippen LogP contribution in [0.1, 0.15) is 25.0 Å². The summed E-state index contributed by atoms with van der Waals surface area (Å²) < 4.78 is 5.44. The lowest BCUT2D eigenvalue weighted by atomic mass is 10.1. The smallest absolute Gasteiger partial charge is 0.226 e. The quantitative estimate of drug-likeness (QED) is 0.906. The van der Waals surface area contributed by atoms with Crippen molar-refractivity contribution in [2.24, 2.45) is 11.7 Å². The molecular weight excluding hydrogens is 302 g/mol. The summed E-state index contributed by atoms with van der Waals surface area (Å²) in [7, 11) is 0. The molecular formula is C16H20ClN3O2. The number of halogens is 1. The van der Waals surface area contributed by atoms with Gasteiger partial charge in [0.15, 0.2) is 0 Å². The van der Waals surface area contributed by atoms with Crippen molar-refractivity contribution in [3.05, 3.63) is 42.3 Å². The molecule has 0 aliphatic heterocycles. The van der Waals surface area contributed by atoms with Gasteiger partial charge in [-0.15, -0.1) is 12.4 Å². The number of nitrogens with one attached hydrogen (secondary N) is 1. The highest BCUT2D eigenvalue weighted by molar-refractivity contribution is 5.85. The molecule has 1 heterocycles. The highest BCUT2D eigenvalue weighted by Gasteiger charge is 2.27. The summed E-state index contributed by atoms with van der Waals surface area (Å²) in [6.45, 7) is 0.390. The third-order valence-corrected chi connectivity index (χ3v) is 3.86. The number of aromatic nitrogens is 1. The van der Waals surface area contributed by atoms with Crippen LogP contribution >= 0.6 is 12.4 Å². The van der Waals surface area contributed by atoms with Crippen LogP contribution in [0.5, 0.6) is 0 Å². The lowest BCUT2D eigenvalue weighted by molar-refractivity contribution is -0.125. The fourth-order valence-corrected chi connectivity index (χ4v) is 2.68. The van der Waals surface area contributed by atoms with Crippen LogP contribution in [-0.4, -0.2) is 16.9 Å². The van der Waals surface area contributed by atoms with Crippen LogP contribution in [0.15, 0.2) is 41.0 Å². The zero-order valence-corrected chi connectivity index (χ0v) is 13.0. The number of rotatable bonds is 4. The fourth-order valence-electron chi connectivity index (χ4n) is 2.68. The molecule has 5 nitrogen and oxygen atoms in total. The number of oxazole rings is 1. The third kappa shape index (κ3) is 3.87. The molecule has 1 amide bonds. The van der Waals surface area contributed by atoms with E-state index in [1.807, 2.05) is 30.3 Å². The number of nitrogens with two attached hydrogens (primary N) is 1. The Morgan fingerprint density at radius 1 is 1.32 bits per heavy atom. The van der Waals surface area contributed by atoms with E-state index < -0.39 is 0 Å². The second kappa shape index (κ2) is 7.42. The number of hydrogen-bond acceptors (Lipinski definition) is 4. The van der Waals surface area contributed by atoms with Gasteiger partial charge in [-0.3, -0.25) is 4.79 Å². The number of amides is 1. The van der Waals surface area contributed by atoms with Gasteiger partial charge in [0, 0.05) is 17.5 Å². The zero-order valence-electron chi connectivity index (χ0n) is 12.2. The third-order valence-electron chi connectivity index (χ3n) is 3.86. The van der Waals surface area contributed by atoms with Crippen LogP contribution < -0.4 is 11.1 Å². The van der Waals surface area contributed by atoms with E-state index in [0.717, 1.165) is 30.5 Å². The summed E-state index contributed by atoms with van der Waals surface area (Å²) in [5.74, 6) is 0.676. The van der Waals surface area contributed by atoms with Gasteiger partial charge >= 0.3 is 0 Å². The molecule has 1 aromatic heterocycles. The Kier molecular flexibility index (Phi) is 5.57. The van der Waals surface area contributed by atoms with Crippen molar-refractivity contribution in [3.63, 3.8) is 0 Å². The van der Waals surface area contributed by atoms with Crippen LogP contribution in [0.4, 0.5) is 0 Å². The SMILES string of the molecule is Cl.N[C@@H]1CC[C@H](C(=O)NCc2coc(-c3ccccc3)n2)C1. The summed E-state index contributed by atoms with van der Waals surface area (Å²) in [6.07, 6.45) is 4.17. The van der Waals surface area contributed by atoms with Crippen LogP contribution in [0.25, 0.3) is 11.5 Å². The predicted molar refractivity (Wildman–Crippen MR) is 86.4 cm³/mol. The first-order chi connectivity index (χ1) is 10.2. The summed E-state index contributed by atoms with van der Waals surface area (Å²) >= 11 is 0. The Morgan fingerprint density at radius 2 is 2.09 bits per heavy atom. The number of carbonyl (C=O) groups is 1. The van der Waals surface area contributed by atoms with Gasteiger partial charge < -0.3 is 15.5 Å². The Labute approximate surface area is 135 Å². The van der Waals surface area contributed by atoms with Crippen LogP contribution in [-0.2, 0) is 11.3 Å². The average molecular weight is 322 g/mol. The molecule has 0 radical (unpaired) electrons. The van der Waals surface area contributed by atoms with Crippen molar-refractivity contribution in [2.75, 3.05) is 0 Å². The Morgan fingerprint density at radius 3 is 2.77 bits per heavy atom.